The van der Waals surface area contributed by atoms with Gasteiger partial charge in [0.1, 0.15) is 0 Å². The molecule has 118 valence electrons. The van der Waals surface area contributed by atoms with Gasteiger partial charge in [0.15, 0.2) is 0 Å². The highest BCUT2D eigenvalue weighted by atomic mass is 16.2. The smallest absolute Gasteiger partial charge is 0.321 e. The molecule has 1 aliphatic heterocycles. The van der Waals surface area contributed by atoms with Crippen LogP contribution in [0.5, 0.6) is 0 Å². The molecule has 3 amide bonds. The number of hydrogen-bond acceptors (Lipinski definition) is 4. The maximum Gasteiger partial charge on any atom is 0.321 e. The van der Waals surface area contributed by atoms with Gasteiger partial charge >= 0.3 is 6.03 Å². The van der Waals surface area contributed by atoms with Crippen LogP contribution in [0.3, 0.4) is 0 Å². The Kier molecular flexibility index (Phi) is 6.20. The fourth-order valence-electron chi connectivity index (χ4n) is 2.67. The van der Waals surface area contributed by atoms with Gasteiger partial charge < -0.3 is 10.6 Å². The number of carbonyl (C=O) groups excluding carboxylic acids is 2. The number of rotatable bonds is 8. The summed E-state index contributed by atoms with van der Waals surface area (Å²) >= 11 is 0. The zero-order chi connectivity index (χ0) is 15.1. The van der Waals surface area contributed by atoms with Gasteiger partial charge in [-0.15, -0.1) is 6.58 Å². The van der Waals surface area contributed by atoms with Gasteiger partial charge in [-0.2, -0.15) is 0 Å². The highest BCUT2D eigenvalue weighted by Crippen LogP contribution is 2.29. The predicted octanol–water partition coefficient (Wildman–Crippen LogP) is 0.462. The lowest BCUT2D eigenvalue weighted by molar-refractivity contribution is -0.121. The topological polar surface area (TPSA) is 73.5 Å². The fraction of sp³-hybridized carbons (Fsp3) is 0.733. The Morgan fingerprint density at radius 2 is 2.10 bits per heavy atom. The van der Waals surface area contributed by atoms with Crippen LogP contribution in [0.25, 0.3) is 0 Å². The number of nitrogens with zero attached hydrogens (tertiary/aromatic N) is 1. The Labute approximate surface area is 126 Å². The third-order valence-electron chi connectivity index (χ3n) is 3.88. The summed E-state index contributed by atoms with van der Waals surface area (Å²) in [7, 11) is 0. The average Bonchev–Trinajstić information content (AvgIpc) is 3.10. The summed E-state index contributed by atoms with van der Waals surface area (Å²) in [6.07, 6.45) is 6.47. The van der Waals surface area contributed by atoms with Crippen molar-refractivity contribution in [2.24, 2.45) is 5.92 Å². The second-order valence-electron chi connectivity index (χ2n) is 5.98. The van der Waals surface area contributed by atoms with Crippen LogP contribution in [-0.2, 0) is 4.79 Å². The molecule has 0 aromatic heterocycles. The Morgan fingerprint density at radius 1 is 1.29 bits per heavy atom. The van der Waals surface area contributed by atoms with Crippen molar-refractivity contribution in [3.8, 4) is 0 Å². The molecule has 6 heteroatoms. The molecule has 0 spiro atoms. The van der Waals surface area contributed by atoms with Crippen molar-refractivity contribution >= 4 is 11.9 Å². The first-order valence-electron chi connectivity index (χ1n) is 7.81. The van der Waals surface area contributed by atoms with E-state index in [-0.39, 0.29) is 12.5 Å². The SMILES string of the molecule is C=CCNC(=O)NC(=O)CN(CC1CC1)CC1CCCN1. The van der Waals surface area contributed by atoms with E-state index in [0.717, 1.165) is 25.6 Å². The van der Waals surface area contributed by atoms with Gasteiger partial charge in [-0.3, -0.25) is 15.0 Å². The molecule has 3 N–H and O–H groups in total. The van der Waals surface area contributed by atoms with Gasteiger partial charge in [-0.1, -0.05) is 6.08 Å². The summed E-state index contributed by atoms with van der Waals surface area (Å²) in [6, 6.07) is 0.0244. The second kappa shape index (κ2) is 8.14. The summed E-state index contributed by atoms with van der Waals surface area (Å²) in [4.78, 5) is 25.6. The van der Waals surface area contributed by atoms with E-state index in [4.69, 9.17) is 0 Å². The molecule has 1 saturated heterocycles. The molecule has 2 aliphatic rings. The van der Waals surface area contributed by atoms with Gasteiger partial charge in [0.05, 0.1) is 6.54 Å². The van der Waals surface area contributed by atoms with Crippen molar-refractivity contribution < 1.29 is 9.59 Å². The van der Waals surface area contributed by atoms with Crippen LogP contribution in [0.15, 0.2) is 12.7 Å². The highest BCUT2D eigenvalue weighted by Gasteiger charge is 2.27. The number of urea groups is 1. The molecule has 2 fully saturated rings. The molecule has 1 aliphatic carbocycles. The van der Waals surface area contributed by atoms with Crippen molar-refractivity contribution in [2.75, 3.05) is 32.7 Å². The molecule has 1 atom stereocenters. The maximum absolute atomic E-state index is 11.9. The minimum atomic E-state index is -0.453. The van der Waals surface area contributed by atoms with E-state index in [0.29, 0.717) is 12.6 Å². The van der Waals surface area contributed by atoms with Gasteiger partial charge in [-0.25, -0.2) is 4.79 Å². The highest BCUT2D eigenvalue weighted by molar-refractivity contribution is 5.95. The molecular weight excluding hydrogens is 268 g/mol. The Morgan fingerprint density at radius 3 is 2.71 bits per heavy atom. The van der Waals surface area contributed by atoms with Gasteiger partial charge in [0.25, 0.3) is 0 Å². The molecule has 6 nitrogen and oxygen atoms in total. The number of imide groups is 1. The van der Waals surface area contributed by atoms with Crippen molar-refractivity contribution in [3.63, 3.8) is 0 Å². The van der Waals surface area contributed by atoms with Gasteiger partial charge in [-0.05, 0) is 38.1 Å². The summed E-state index contributed by atoms with van der Waals surface area (Å²) in [5, 5.41) is 8.37. The third kappa shape index (κ3) is 6.27. The van der Waals surface area contributed by atoms with E-state index in [1.165, 1.54) is 25.7 Å². The average molecular weight is 294 g/mol. The first kappa shape index (κ1) is 16.0. The van der Waals surface area contributed by atoms with Crippen molar-refractivity contribution in [2.45, 2.75) is 31.7 Å². The van der Waals surface area contributed by atoms with Crippen LogP contribution in [0.4, 0.5) is 4.79 Å². The minimum absolute atomic E-state index is 0.241. The molecule has 21 heavy (non-hydrogen) atoms. The van der Waals surface area contributed by atoms with Crippen LogP contribution in [0.1, 0.15) is 25.7 Å². The molecule has 0 bridgehead atoms. The molecule has 1 saturated carbocycles. The van der Waals surface area contributed by atoms with Gasteiger partial charge in [0.2, 0.25) is 5.91 Å². The van der Waals surface area contributed by atoms with Crippen LogP contribution in [-0.4, -0.2) is 55.6 Å². The van der Waals surface area contributed by atoms with Crippen LogP contribution >= 0.6 is 0 Å². The van der Waals surface area contributed by atoms with Crippen molar-refractivity contribution in [1.82, 2.24) is 20.9 Å². The van der Waals surface area contributed by atoms with Crippen LogP contribution in [0, 0.1) is 5.92 Å². The largest absolute Gasteiger partial charge is 0.334 e. The van der Waals surface area contributed by atoms with E-state index >= 15 is 0 Å². The zero-order valence-electron chi connectivity index (χ0n) is 12.6. The second-order valence-corrected chi connectivity index (χ2v) is 5.98. The van der Waals surface area contributed by atoms with Crippen LogP contribution in [0.2, 0.25) is 0 Å². The van der Waals surface area contributed by atoms with Crippen molar-refractivity contribution in [1.29, 1.82) is 0 Å². The maximum atomic E-state index is 11.9. The van der Waals surface area contributed by atoms with Crippen LogP contribution < -0.4 is 16.0 Å². The summed E-state index contributed by atoms with van der Waals surface area (Å²) in [5.41, 5.74) is 0. The summed E-state index contributed by atoms with van der Waals surface area (Å²) in [6.45, 7) is 7.07. The zero-order valence-corrected chi connectivity index (χ0v) is 12.6. The van der Waals surface area contributed by atoms with E-state index in [1.54, 1.807) is 6.08 Å². The normalized spacial score (nSPS) is 21.3. The quantitative estimate of drug-likeness (QED) is 0.569. The Hall–Kier alpha value is -1.40. The molecule has 1 heterocycles. The summed E-state index contributed by atoms with van der Waals surface area (Å²) < 4.78 is 0. The predicted molar refractivity (Wildman–Crippen MR) is 81.9 cm³/mol. The number of amides is 3. The first-order valence-corrected chi connectivity index (χ1v) is 7.81. The van der Waals surface area contributed by atoms with E-state index in [2.05, 4.69) is 27.4 Å². The molecule has 1 unspecified atom stereocenters. The van der Waals surface area contributed by atoms with E-state index in [9.17, 15) is 9.59 Å². The first-order chi connectivity index (χ1) is 10.2. The van der Waals surface area contributed by atoms with E-state index in [1.807, 2.05) is 0 Å². The molecular formula is C15H26N4O2. The number of nitrogens with one attached hydrogen (secondary N) is 3. The molecule has 0 radical (unpaired) electrons. The van der Waals surface area contributed by atoms with Crippen molar-refractivity contribution in [3.05, 3.63) is 12.7 Å². The third-order valence-corrected chi connectivity index (χ3v) is 3.88. The number of hydrogen-bond donors (Lipinski definition) is 3. The fourth-order valence-corrected chi connectivity index (χ4v) is 2.67. The Balaban J connectivity index is 1.74. The molecule has 0 aromatic rings. The molecule has 2 rings (SSSR count). The minimum Gasteiger partial charge on any atom is -0.334 e. The Bertz CT molecular complexity index is 376. The number of carbonyl (C=O) groups is 2. The van der Waals surface area contributed by atoms with E-state index < -0.39 is 6.03 Å². The standard InChI is InChI=1S/C15H26N4O2/c1-2-7-17-15(21)18-14(20)11-19(9-12-5-6-12)10-13-4-3-8-16-13/h2,12-13,16H,1,3-11H2,(H2,17,18,20,21). The molecule has 0 aromatic carbocycles. The lowest BCUT2D eigenvalue weighted by Crippen LogP contribution is -2.47. The monoisotopic (exact) mass is 294 g/mol. The van der Waals surface area contributed by atoms with Gasteiger partial charge in [0, 0.05) is 25.7 Å². The summed E-state index contributed by atoms with van der Waals surface area (Å²) in [5.74, 6) is 0.490. The lowest BCUT2D eigenvalue weighted by atomic mass is 10.2. The lowest BCUT2D eigenvalue weighted by Gasteiger charge is -2.24.